The molecule has 34 heavy (non-hydrogen) atoms. The van der Waals surface area contributed by atoms with Gasteiger partial charge >= 0.3 is 0 Å². The number of aliphatic hydroxyl groups is 1. The zero-order chi connectivity index (χ0) is 24.9. The Morgan fingerprint density at radius 3 is 2.38 bits per heavy atom. The van der Waals surface area contributed by atoms with Crippen LogP contribution in [0.15, 0.2) is 73.9 Å². The molecule has 0 saturated heterocycles. The van der Waals surface area contributed by atoms with E-state index in [0.29, 0.717) is 11.3 Å². The van der Waals surface area contributed by atoms with Crippen LogP contribution in [0.3, 0.4) is 0 Å². The van der Waals surface area contributed by atoms with Crippen molar-refractivity contribution in [1.29, 1.82) is 0 Å². The monoisotopic (exact) mass is 484 g/mol. The fourth-order valence-electron chi connectivity index (χ4n) is 2.86. The van der Waals surface area contributed by atoms with Gasteiger partial charge in [-0.3, -0.25) is 9.35 Å². The van der Waals surface area contributed by atoms with Crippen LogP contribution < -0.4 is 16.2 Å². The van der Waals surface area contributed by atoms with E-state index in [-0.39, 0.29) is 41.6 Å². The first-order valence-electron chi connectivity index (χ1n) is 9.57. The highest BCUT2D eigenvalue weighted by atomic mass is 32.2. The van der Waals surface area contributed by atoms with Gasteiger partial charge in [0.15, 0.2) is 0 Å². The molecule has 6 N–H and O–H groups in total. The Balaban J connectivity index is 2.12. The molecule has 0 aromatic heterocycles. The van der Waals surface area contributed by atoms with Gasteiger partial charge in [0.05, 0.1) is 29.4 Å². The lowest BCUT2D eigenvalue weighted by atomic mass is 10.1. The zero-order valence-electron chi connectivity index (χ0n) is 17.8. The average Bonchev–Trinajstić information content (AvgIpc) is 2.78. The van der Waals surface area contributed by atoms with Gasteiger partial charge in [-0.05, 0) is 36.8 Å². The lowest BCUT2D eigenvalue weighted by molar-refractivity contribution is -0.120. The summed E-state index contributed by atoms with van der Waals surface area (Å²) < 4.78 is 38.1. The van der Waals surface area contributed by atoms with E-state index in [1.807, 2.05) is 6.92 Å². The third-order valence-electron chi connectivity index (χ3n) is 4.54. The van der Waals surface area contributed by atoms with Crippen LogP contribution in [-0.4, -0.2) is 24.5 Å². The Morgan fingerprint density at radius 1 is 0.971 bits per heavy atom. The number of aryl methyl sites for hydroxylation is 1. The highest BCUT2D eigenvalue weighted by molar-refractivity contribution is 7.86. The van der Waals surface area contributed by atoms with Crippen LogP contribution in [0.2, 0.25) is 0 Å². The van der Waals surface area contributed by atoms with Gasteiger partial charge in [-0.2, -0.15) is 18.6 Å². The molecular formula is C21H20N6O6S. The smallest absolute Gasteiger partial charge is 0.298 e. The molecule has 0 saturated carbocycles. The molecule has 3 rings (SSSR count). The Kier molecular flexibility index (Phi) is 7.31. The highest BCUT2D eigenvalue weighted by Gasteiger charge is 2.22. The quantitative estimate of drug-likeness (QED) is 0.157. The normalized spacial score (nSPS) is 11.9. The van der Waals surface area contributed by atoms with Crippen molar-refractivity contribution in [2.24, 2.45) is 20.5 Å². The zero-order valence-corrected chi connectivity index (χ0v) is 18.6. The van der Waals surface area contributed by atoms with E-state index in [4.69, 9.17) is 16.2 Å². The summed E-state index contributed by atoms with van der Waals surface area (Å²) in [6.07, 6.45) is 0. The molecule has 0 aliphatic rings. The van der Waals surface area contributed by atoms with Gasteiger partial charge in [0, 0.05) is 11.6 Å². The lowest BCUT2D eigenvalue weighted by Gasteiger charge is -2.11. The Hall–Kier alpha value is -4.20. The van der Waals surface area contributed by atoms with Crippen LogP contribution in [0.25, 0.3) is 0 Å². The first-order valence-corrected chi connectivity index (χ1v) is 11.0. The molecule has 0 aliphatic heterocycles. The van der Waals surface area contributed by atoms with Crippen LogP contribution in [0.5, 0.6) is 5.75 Å². The minimum Gasteiger partial charge on any atom is -0.429 e. The van der Waals surface area contributed by atoms with Crippen molar-refractivity contribution in [2.45, 2.75) is 18.4 Å². The van der Waals surface area contributed by atoms with Gasteiger partial charge < -0.3 is 21.3 Å². The van der Waals surface area contributed by atoms with Crippen molar-refractivity contribution < 1.29 is 27.6 Å². The summed E-state index contributed by atoms with van der Waals surface area (Å²) in [6, 6.07) is 12.1. The molecule has 0 atom stereocenters. The molecule has 0 fully saturated rings. The van der Waals surface area contributed by atoms with E-state index < -0.39 is 20.7 Å². The van der Waals surface area contributed by atoms with Gasteiger partial charge in [0.25, 0.3) is 16.6 Å². The number of carbonyl (C=O) groups is 1. The van der Waals surface area contributed by atoms with Crippen molar-refractivity contribution in [1.82, 2.24) is 0 Å². The molecule has 3 aromatic carbocycles. The standard InChI is InChI=1S/C21H20N6O6S/c1-12-5-6-13(10-28)16(7-12)25-27-21-19(22)17(9-18(20(21)23)34(30,31)32)26-24-14-3-2-4-15(8-14)33-11-29/h2-9,11,28H,10,22-23H2,1H3,(H,30,31,32)/b26-24+,27-25+. The maximum Gasteiger partial charge on any atom is 0.298 e. The van der Waals surface area contributed by atoms with Gasteiger partial charge in [0.1, 0.15) is 22.0 Å². The second-order valence-electron chi connectivity index (χ2n) is 6.95. The van der Waals surface area contributed by atoms with Crippen molar-refractivity contribution in [3.8, 4) is 5.75 Å². The molecular weight excluding hydrogens is 464 g/mol. The van der Waals surface area contributed by atoms with Gasteiger partial charge in [-0.15, -0.1) is 10.2 Å². The largest absolute Gasteiger partial charge is 0.429 e. The number of nitrogen functional groups attached to an aromatic ring is 2. The van der Waals surface area contributed by atoms with E-state index in [1.165, 1.54) is 12.1 Å². The average molecular weight is 484 g/mol. The summed E-state index contributed by atoms with van der Waals surface area (Å²) >= 11 is 0. The summed E-state index contributed by atoms with van der Waals surface area (Å²) in [5.74, 6) is 0.211. The number of nitrogens with two attached hydrogens (primary N) is 2. The van der Waals surface area contributed by atoms with Crippen molar-refractivity contribution in [3.05, 3.63) is 59.7 Å². The number of azo groups is 2. The van der Waals surface area contributed by atoms with Crippen molar-refractivity contribution in [3.63, 3.8) is 0 Å². The van der Waals surface area contributed by atoms with Crippen molar-refractivity contribution in [2.75, 3.05) is 11.5 Å². The van der Waals surface area contributed by atoms with E-state index >= 15 is 0 Å². The third-order valence-corrected chi connectivity index (χ3v) is 5.43. The minimum absolute atomic E-state index is 0.157. The van der Waals surface area contributed by atoms with Gasteiger partial charge in [-0.1, -0.05) is 18.2 Å². The number of aliphatic hydroxyl groups excluding tert-OH is 1. The third kappa shape index (κ3) is 5.58. The number of ether oxygens (including phenoxy) is 1. The Morgan fingerprint density at radius 2 is 1.71 bits per heavy atom. The molecule has 13 heteroatoms. The van der Waals surface area contributed by atoms with Crippen LogP contribution in [0, 0.1) is 6.92 Å². The number of nitrogens with zero attached hydrogens (tertiary/aromatic N) is 4. The number of rotatable bonds is 8. The van der Waals surface area contributed by atoms with E-state index in [0.717, 1.165) is 11.6 Å². The summed E-state index contributed by atoms with van der Waals surface area (Å²) in [6.45, 7) is 1.76. The summed E-state index contributed by atoms with van der Waals surface area (Å²) in [7, 11) is -4.78. The van der Waals surface area contributed by atoms with E-state index in [1.54, 1.807) is 30.3 Å². The first-order chi connectivity index (χ1) is 16.1. The summed E-state index contributed by atoms with van der Waals surface area (Å²) in [4.78, 5) is 9.83. The topological polar surface area (TPSA) is 202 Å². The number of anilines is 2. The SMILES string of the molecule is Cc1ccc(CO)c(/N=N/c2c(N)c(/N=N/c3cccc(OC=O)c3)cc(S(=O)(=O)O)c2N)c1. The number of hydrogen-bond acceptors (Lipinski definition) is 11. The van der Waals surface area contributed by atoms with Gasteiger partial charge in [-0.25, -0.2) is 0 Å². The molecule has 0 unspecified atom stereocenters. The second-order valence-corrected chi connectivity index (χ2v) is 8.34. The molecule has 3 aromatic rings. The molecule has 12 nitrogen and oxygen atoms in total. The summed E-state index contributed by atoms with van der Waals surface area (Å²) in [5, 5.41) is 25.5. The van der Waals surface area contributed by atoms with E-state index in [2.05, 4.69) is 20.5 Å². The predicted octanol–water partition coefficient (Wildman–Crippen LogP) is 4.26. The minimum atomic E-state index is -4.78. The molecule has 0 spiro atoms. The molecule has 0 heterocycles. The molecule has 0 amide bonds. The number of hydrogen-bond donors (Lipinski definition) is 4. The van der Waals surface area contributed by atoms with Crippen LogP contribution in [0.1, 0.15) is 11.1 Å². The molecule has 0 aliphatic carbocycles. The molecule has 0 bridgehead atoms. The lowest BCUT2D eigenvalue weighted by Crippen LogP contribution is -2.05. The highest BCUT2D eigenvalue weighted by Crippen LogP contribution is 2.43. The molecule has 176 valence electrons. The summed E-state index contributed by atoms with van der Waals surface area (Å²) in [5.41, 5.74) is 12.9. The first kappa shape index (κ1) is 24.4. The fourth-order valence-corrected chi connectivity index (χ4v) is 3.49. The predicted molar refractivity (Wildman–Crippen MR) is 124 cm³/mol. The fraction of sp³-hybridized carbons (Fsp3) is 0.0952. The van der Waals surface area contributed by atoms with Crippen LogP contribution in [0.4, 0.5) is 34.1 Å². The number of carbonyl (C=O) groups excluding carboxylic acids is 1. The van der Waals surface area contributed by atoms with Crippen molar-refractivity contribution >= 4 is 50.7 Å². The van der Waals surface area contributed by atoms with Crippen LogP contribution >= 0.6 is 0 Å². The van der Waals surface area contributed by atoms with Crippen LogP contribution in [-0.2, 0) is 21.5 Å². The Labute approximate surface area is 194 Å². The van der Waals surface area contributed by atoms with E-state index in [9.17, 15) is 22.9 Å². The maximum atomic E-state index is 11.9. The maximum absolute atomic E-state index is 11.9. The number of benzene rings is 3. The second kappa shape index (κ2) is 10.2. The Bertz CT molecular complexity index is 1410. The molecule has 0 radical (unpaired) electrons. The van der Waals surface area contributed by atoms with Gasteiger partial charge in [0.2, 0.25) is 0 Å².